The van der Waals surface area contributed by atoms with Gasteiger partial charge in [0.2, 0.25) is 0 Å². The molecule has 3 nitrogen and oxygen atoms in total. The number of anilines is 1. The second-order valence-electron chi connectivity index (χ2n) is 8.42. The summed E-state index contributed by atoms with van der Waals surface area (Å²) in [6.45, 7) is 5.70. The lowest BCUT2D eigenvalue weighted by molar-refractivity contribution is 0.401. The third-order valence-corrected chi connectivity index (χ3v) is 6.29. The molecule has 4 aromatic rings. The Morgan fingerprint density at radius 2 is 1.65 bits per heavy atom. The Morgan fingerprint density at radius 3 is 2.42 bits per heavy atom. The summed E-state index contributed by atoms with van der Waals surface area (Å²) in [7, 11) is 1.98. The lowest BCUT2D eigenvalue weighted by Gasteiger charge is -2.17. The van der Waals surface area contributed by atoms with Gasteiger partial charge in [0.05, 0.1) is 11.9 Å². The summed E-state index contributed by atoms with van der Waals surface area (Å²) in [5.41, 5.74) is 4.86. The largest absolute Gasteiger partial charge is 0.340 e. The van der Waals surface area contributed by atoms with E-state index in [1.807, 2.05) is 36.5 Å². The summed E-state index contributed by atoms with van der Waals surface area (Å²) >= 11 is 0. The van der Waals surface area contributed by atoms with Gasteiger partial charge in [-0.1, -0.05) is 75.6 Å². The molecule has 1 atom stereocenters. The minimum Gasteiger partial charge on any atom is -0.340 e. The van der Waals surface area contributed by atoms with Gasteiger partial charge in [-0.15, -0.1) is 0 Å². The van der Waals surface area contributed by atoms with Crippen molar-refractivity contribution < 1.29 is 0 Å². The van der Waals surface area contributed by atoms with E-state index in [-0.39, 0.29) is 0 Å². The van der Waals surface area contributed by atoms with E-state index in [9.17, 15) is 0 Å². The number of hydrogen-bond donors (Lipinski definition) is 0. The second-order valence-corrected chi connectivity index (χ2v) is 8.42. The summed E-state index contributed by atoms with van der Waals surface area (Å²) < 4.78 is 2.53. The van der Waals surface area contributed by atoms with Crippen molar-refractivity contribution in [1.82, 2.24) is 4.57 Å². The maximum atomic E-state index is 4.66. The topological polar surface area (TPSA) is 20.5 Å². The highest BCUT2D eigenvalue weighted by atomic mass is 15.4. The van der Waals surface area contributed by atoms with Crippen LogP contribution in [0.2, 0.25) is 0 Å². The van der Waals surface area contributed by atoms with Crippen molar-refractivity contribution >= 4 is 33.7 Å². The van der Waals surface area contributed by atoms with Crippen LogP contribution in [0.4, 0.5) is 5.69 Å². The van der Waals surface area contributed by atoms with Gasteiger partial charge in [-0.05, 0) is 48.2 Å². The van der Waals surface area contributed by atoms with Crippen LogP contribution >= 0.6 is 0 Å². The fourth-order valence-corrected chi connectivity index (χ4v) is 4.39. The van der Waals surface area contributed by atoms with E-state index in [0.717, 1.165) is 23.7 Å². The molecule has 0 fully saturated rings. The molecule has 160 valence electrons. The Labute approximate surface area is 186 Å². The van der Waals surface area contributed by atoms with E-state index < -0.39 is 0 Å². The van der Waals surface area contributed by atoms with Gasteiger partial charge in [-0.2, -0.15) is 5.10 Å². The highest BCUT2D eigenvalue weighted by Crippen LogP contribution is 2.31. The van der Waals surface area contributed by atoms with Crippen LogP contribution in [0.3, 0.4) is 0 Å². The molecule has 4 rings (SSSR count). The molecule has 1 aromatic heterocycles. The lowest BCUT2D eigenvalue weighted by Crippen LogP contribution is -2.10. The first-order valence-corrected chi connectivity index (χ1v) is 11.5. The Kier molecular flexibility index (Phi) is 6.71. The monoisotopic (exact) mass is 411 g/mol. The average Bonchev–Trinajstić information content (AvgIpc) is 3.13. The third kappa shape index (κ3) is 4.66. The van der Waals surface area contributed by atoms with Gasteiger partial charge >= 0.3 is 0 Å². The van der Waals surface area contributed by atoms with Crippen molar-refractivity contribution in [3.8, 4) is 0 Å². The number of fused-ring (bicyclic) bond motifs is 3. The summed E-state index contributed by atoms with van der Waals surface area (Å²) in [6, 6.07) is 25.8. The van der Waals surface area contributed by atoms with E-state index in [1.54, 1.807) is 0 Å². The van der Waals surface area contributed by atoms with Crippen LogP contribution in [-0.4, -0.2) is 17.8 Å². The first-order valence-electron chi connectivity index (χ1n) is 11.5. The Bertz CT molecular complexity index is 1160. The van der Waals surface area contributed by atoms with Crippen molar-refractivity contribution in [2.75, 3.05) is 12.1 Å². The lowest BCUT2D eigenvalue weighted by atomic mass is 9.99. The second kappa shape index (κ2) is 9.82. The first kappa shape index (κ1) is 21.2. The molecular formula is C28H33N3. The van der Waals surface area contributed by atoms with Crippen LogP contribution in [0, 0.1) is 5.92 Å². The predicted octanol–water partition coefficient (Wildman–Crippen LogP) is 7.48. The number of aromatic nitrogens is 1. The van der Waals surface area contributed by atoms with Crippen LogP contribution in [-0.2, 0) is 6.54 Å². The summed E-state index contributed by atoms with van der Waals surface area (Å²) in [5.74, 6) is 0.722. The molecule has 1 heterocycles. The van der Waals surface area contributed by atoms with Gasteiger partial charge < -0.3 is 4.57 Å². The van der Waals surface area contributed by atoms with Crippen LogP contribution < -0.4 is 5.01 Å². The Balaban J connectivity index is 1.68. The van der Waals surface area contributed by atoms with Gasteiger partial charge in [-0.25, -0.2) is 0 Å². The Morgan fingerprint density at radius 1 is 0.903 bits per heavy atom. The zero-order valence-corrected chi connectivity index (χ0v) is 19.0. The summed E-state index contributed by atoms with van der Waals surface area (Å²) in [4.78, 5) is 0. The van der Waals surface area contributed by atoms with Crippen molar-refractivity contribution in [1.29, 1.82) is 0 Å². The highest BCUT2D eigenvalue weighted by molar-refractivity contribution is 6.09. The molecule has 0 saturated heterocycles. The van der Waals surface area contributed by atoms with Crippen molar-refractivity contribution in [2.24, 2.45) is 11.0 Å². The summed E-state index contributed by atoms with van der Waals surface area (Å²) in [5, 5.41) is 9.21. The van der Waals surface area contributed by atoms with Gasteiger partial charge in [0.1, 0.15) is 0 Å². The molecular weight excluding hydrogens is 378 g/mol. The van der Waals surface area contributed by atoms with E-state index in [1.165, 1.54) is 47.5 Å². The van der Waals surface area contributed by atoms with E-state index in [0.29, 0.717) is 0 Å². The molecule has 0 aliphatic carbocycles. The molecule has 0 aliphatic rings. The highest BCUT2D eigenvalue weighted by Gasteiger charge is 2.14. The molecule has 3 aromatic carbocycles. The van der Waals surface area contributed by atoms with Gasteiger partial charge in [0.15, 0.2) is 0 Å². The van der Waals surface area contributed by atoms with Gasteiger partial charge in [-0.3, -0.25) is 5.01 Å². The van der Waals surface area contributed by atoms with Crippen LogP contribution in [0.15, 0.2) is 77.9 Å². The number of unbranched alkanes of at least 4 members (excludes halogenated alkanes) is 1. The third-order valence-electron chi connectivity index (χ3n) is 6.29. The molecule has 3 heteroatoms. The predicted molar refractivity (Wildman–Crippen MR) is 135 cm³/mol. The number of nitrogens with zero attached hydrogens (tertiary/aromatic N) is 3. The van der Waals surface area contributed by atoms with Crippen molar-refractivity contribution in [2.45, 2.75) is 46.1 Å². The fourth-order valence-electron chi connectivity index (χ4n) is 4.39. The Hall–Kier alpha value is -3.07. The number of benzene rings is 3. The molecule has 0 spiro atoms. The maximum absolute atomic E-state index is 4.66. The smallest absolute Gasteiger partial charge is 0.0590 e. The minimum absolute atomic E-state index is 0.722. The molecule has 0 N–H and O–H groups in total. The normalized spacial score (nSPS) is 12.7. The molecule has 0 aliphatic heterocycles. The summed E-state index contributed by atoms with van der Waals surface area (Å²) in [6.07, 6.45) is 7.06. The molecule has 0 radical (unpaired) electrons. The van der Waals surface area contributed by atoms with Crippen molar-refractivity contribution in [3.63, 3.8) is 0 Å². The van der Waals surface area contributed by atoms with Crippen LogP contribution in [0.5, 0.6) is 0 Å². The molecule has 0 saturated carbocycles. The van der Waals surface area contributed by atoms with E-state index in [2.05, 4.69) is 78.1 Å². The van der Waals surface area contributed by atoms with E-state index in [4.69, 9.17) is 0 Å². The maximum Gasteiger partial charge on any atom is 0.0590 e. The number of hydrogen-bond acceptors (Lipinski definition) is 2. The first-order chi connectivity index (χ1) is 15.2. The van der Waals surface area contributed by atoms with E-state index >= 15 is 0 Å². The number of hydrazone groups is 1. The number of rotatable bonds is 9. The fraction of sp³-hybridized carbons (Fsp3) is 0.321. The molecule has 31 heavy (non-hydrogen) atoms. The zero-order chi connectivity index (χ0) is 21.6. The molecule has 0 amide bonds. The zero-order valence-electron chi connectivity index (χ0n) is 19.0. The van der Waals surface area contributed by atoms with Crippen molar-refractivity contribution in [3.05, 3.63) is 78.4 Å². The van der Waals surface area contributed by atoms with Crippen LogP contribution in [0.1, 0.15) is 45.1 Å². The van der Waals surface area contributed by atoms with Gasteiger partial charge in [0.25, 0.3) is 0 Å². The minimum atomic E-state index is 0.722. The number of para-hydroxylation sites is 2. The molecule has 1 unspecified atom stereocenters. The SMILES string of the molecule is CCCCC(CC)Cn1c2ccccc2c2cc(/C=N/N(C)c3ccccc3)ccc21. The standard InChI is InChI=1S/C28H33N3/c1-4-6-12-22(5-2)21-31-27-16-11-10-15-25(27)26-19-23(17-18-28(26)31)20-29-30(3)24-13-8-7-9-14-24/h7-11,13-20,22H,4-6,12,21H2,1-3H3/b29-20+. The quantitative estimate of drug-likeness (QED) is 0.206. The molecule has 0 bridgehead atoms. The van der Waals surface area contributed by atoms with Crippen LogP contribution in [0.25, 0.3) is 21.8 Å². The van der Waals surface area contributed by atoms with Gasteiger partial charge in [0, 0.05) is 35.4 Å². The average molecular weight is 412 g/mol.